The molecule has 0 atom stereocenters. The highest BCUT2D eigenvalue weighted by molar-refractivity contribution is 7.10. The molecule has 0 aliphatic carbocycles. The van der Waals surface area contributed by atoms with E-state index in [-0.39, 0.29) is 12.4 Å². The second-order valence-electron chi connectivity index (χ2n) is 5.05. The van der Waals surface area contributed by atoms with Crippen LogP contribution in [-0.4, -0.2) is 24.7 Å². The van der Waals surface area contributed by atoms with Crippen LogP contribution >= 0.6 is 23.7 Å². The van der Waals surface area contributed by atoms with Gasteiger partial charge in [-0.15, -0.1) is 23.7 Å². The summed E-state index contributed by atoms with van der Waals surface area (Å²) in [6, 6.07) is 8.21. The van der Waals surface area contributed by atoms with Gasteiger partial charge in [0.05, 0.1) is 17.3 Å². The first-order chi connectivity index (χ1) is 9.86. The normalized spacial score (nSPS) is 15.5. The maximum Gasteiger partial charge on any atom is 0.119 e. The maximum atomic E-state index is 5.47. The van der Waals surface area contributed by atoms with Crippen molar-refractivity contribution in [2.75, 3.05) is 19.7 Å². The second kappa shape index (κ2) is 7.78. The summed E-state index contributed by atoms with van der Waals surface area (Å²) >= 11 is 1.80. The predicted octanol–water partition coefficient (Wildman–Crippen LogP) is 4.10. The first kappa shape index (κ1) is 16.3. The average Bonchev–Trinajstić information content (AvgIpc) is 2.99. The van der Waals surface area contributed by atoms with Gasteiger partial charge in [-0.25, -0.2) is 4.98 Å². The Kier molecular flexibility index (Phi) is 6.03. The molecular formula is C16H21ClN2OS. The van der Waals surface area contributed by atoms with E-state index in [1.807, 2.05) is 19.1 Å². The summed E-state index contributed by atoms with van der Waals surface area (Å²) in [5.41, 5.74) is 2.26. The van der Waals surface area contributed by atoms with E-state index in [4.69, 9.17) is 9.72 Å². The fourth-order valence-corrected chi connectivity index (χ4v) is 3.57. The molecule has 1 N–H and O–H groups in total. The van der Waals surface area contributed by atoms with E-state index >= 15 is 0 Å². The number of piperidine rings is 1. The van der Waals surface area contributed by atoms with Gasteiger partial charge in [0.2, 0.25) is 0 Å². The lowest BCUT2D eigenvalue weighted by Crippen LogP contribution is -2.26. The monoisotopic (exact) mass is 324 g/mol. The number of aromatic nitrogens is 1. The van der Waals surface area contributed by atoms with Crippen LogP contribution in [0.1, 0.15) is 30.7 Å². The standard InChI is InChI=1S/C16H20N2OS.ClH/c1-2-19-14-5-3-12(4-6-14)15-11-20-16(18-15)13-7-9-17-10-8-13;/h3-6,11,13,17H,2,7-10H2,1H3;1H. The van der Waals surface area contributed by atoms with Crippen molar-refractivity contribution < 1.29 is 4.74 Å². The SMILES string of the molecule is CCOc1ccc(-c2csc(C3CCNCC3)n2)cc1.Cl. The van der Waals surface area contributed by atoms with Gasteiger partial charge in [-0.05, 0) is 57.1 Å². The van der Waals surface area contributed by atoms with E-state index in [0.717, 1.165) is 24.5 Å². The molecule has 0 amide bonds. The molecule has 21 heavy (non-hydrogen) atoms. The zero-order valence-electron chi connectivity index (χ0n) is 12.2. The van der Waals surface area contributed by atoms with Crippen LogP contribution in [0.5, 0.6) is 5.75 Å². The Morgan fingerprint density at radius 1 is 1.24 bits per heavy atom. The fraction of sp³-hybridized carbons (Fsp3) is 0.438. The smallest absolute Gasteiger partial charge is 0.119 e. The largest absolute Gasteiger partial charge is 0.494 e. The summed E-state index contributed by atoms with van der Waals surface area (Å²) in [4.78, 5) is 4.83. The topological polar surface area (TPSA) is 34.1 Å². The van der Waals surface area contributed by atoms with Gasteiger partial charge in [0, 0.05) is 16.9 Å². The Hall–Kier alpha value is -1.10. The minimum atomic E-state index is 0. The number of nitrogens with zero attached hydrogens (tertiary/aromatic N) is 1. The van der Waals surface area contributed by atoms with Crippen LogP contribution in [0.25, 0.3) is 11.3 Å². The lowest BCUT2D eigenvalue weighted by Gasteiger charge is -2.20. The third-order valence-corrected chi connectivity index (χ3v) is 4.68. The van der Waals surface area contributed by atoms with Gasteiger partial charge in [0.15, 0.2) is 0 Å². The van der Waals surface area contributed by atoms with E-state index in [9.17, 15) is 0 Å². The number of rotatable bonds is 4. The van der Waals surface area contributed by atoms with Crippen molar-refractivity contribution >= 4 is 23.7 Å². The summed E-state index contributed by atoms with van der Waals surface area (Å²) in [5, 5.41) is 6.87. The zero-order valence-corrected chi connectivity index (χ0v) is 13.8. The molecule has 0 unspecified atom stereocenters. The predicted molar refractivity (Wildman–Crippen MR) is 90.8 cm³/mol. The summed E-state index contributed by atoms with van der Waals surface area (Å²) in [7, 11) is 0. The van der Waals surface area contributed by atoms with Crippen molar-refractivity contribution in [3.63, 3.8) is 0 Å². The summed E-state index contributed by atoms with van der Waals surface area (Å²) in [5.74, 6) is 1.56. The number of thiazole rings is 1. The minimum absolute atomic E-state index is 0. The molecule has 5 heteroatoms. The van der Waals surface area contributed by atoms with Crippen LogP contribution in [-0.2, 0) is 0 Å². The molecule has 0 bridgehead atoms. The molecule has 0 radical (unpaired) electrons. The van der Waals surface area contributed by atoms with Crippen molar-refractivity contribution in [2.24, 2.45) is 0 Å². The number of nitrogens with one attached hydrogen (secondary N) is 1. The van der Waals surface area contributed by atoms with Gasteiger partial charge < -0.3 is 10.1 Å². The summed E-state index contributed by atoms with van der Waals surface area (Å²) in [6.07, 6.45) is 2.41. The van der Waals surface area contributed by atoms with E-state index in [1.165, 1.54) is 23.4 Å². The van der Waals surface area contributed by atoms with Crippen LogP contribution < -0.4 is 10.1 Å². The fourth-order valence-electron chi connectivity index (χ4n) is 2.57. The molecule has 114 valence electrons. The molecule has 1 aromatic heterocycles. The van der Waals surface area contributed by atoms with Gasteiger partial charge in [0.1, 0.15) is 5.75 Å². The average molecular weight is 325 g/mol. The zero-order chi connectivity index (χ0) is 13.8. The lowest BCUT2D eigenvalue weighted by molar-refractivity contribution is 0.340. The van der Waals surface area contributed by atoms with Crippen molar-refractivity contribution in [1.29, 1.82) is 0 Å². The molecule has 1 aliphatic rings. The van der Waals surface area contributed by atoms with E-state index in [1.54, 1.807) is 11.3 Å². The summed E-state index contributed by atoms with van der Waals surface area (Å²) < 4.78 is 5.47. The molecule has 1 saturated heterocycles. The van der Waals surface area contributed by atoms with Gasteiger partial charge in [0.25, 0.3) is 0 Å². The van der Waals surface area contributed by atoms with E-state index in [0.29, 0.717) is 12.5 Å². The number of halogens is 1. The quantitative estimate of drug-likeness (QED) is 0.919. The van der Waals surface area contributed by atoms with E-state index in [2.05, 4.69) is 22.8 Å². The van der Waals surface area contributed by atoms with E-state index < -0.39 is 0 Å². The third kappa shape index (κ3) is 3.96. The van der Waals surface area contributed by atoms with Gasteiger partial charge >= 0.3 is 0 Å². The maximum absolute atomic E-state index is 5.47. The molecule has 3 rings (SSSR count). The Morgan fingerprint density at radius 2 is 1.95 bits per heavy atom. The second-order valence-corrected chi connectivity index (χ2v) is 5.94. The lowest BCUT2D eigenvalue weighted by atomic mass is 9.99. The number of hydrogen-bond acceptors (Lipinski definition) is 4. The number of hydrogen-bond donors (Lipinski definition) is 1. The van der Waals surface area contributed by atoms with Crippen molar-refractivity contribution in [3.8, 4) is 17.0 Å². The molecule has 2 aromatic rings. The van der Waals surface area contributed by atoms with Crippen LogP contribution in [0, 0.1) is 0 Å². The molecule has 3 nitrogen and oxygen atoms in total. The van der Waals surface area contributed by atoms with Crippen LogP contribution in [0.15, 0.2) is 29.6 Å². The first-order valence-corrected chi connectivity index (χ1v) is 8.14. The minimum Gasteiger partial charge on any atom is -0.494 e. The molecular weight excluding hydrogens is 304 g/mol. The van der Waals surface area contributed by atoms with Crippen LogP contribution in [0.3, 0.4) is 0 Å². The molecule has 0 spiro atoms. The number of benzene rings is 1. The Balaban J connectivity index is 0.00000161. The van der Waals surface area contributed by atoms with Gasteiger partial charge in [-0.3, -0.25) is 0 Å². The van der Waals surface area contributed by atoms with Crippen LogP contribution in [0.4, 0.5) is 0 Å². The Morgan fingerprint density at radius 3 is 2.62 bits per heavy atom. The molecule has 1 fully saturated rings. The van der Waals surface area contributed by atoms with Crippen LogP contribution in [0.2, 0.25) is 0 Å². The summed E-state index contributed by atoms with van der Waals surface area (Å²) in [6.45, 7) is 4.93. The van der Waals surface area contributed by atoms with Gasteiger partial charge in [-0.2, -0.15) is 0 Å². The molecule has 1 aliphatic heterocycles. The molecule has 2 heterocycles. The number of ether oxygens (including phenoxy) is 1. The molecule has 1 aromatic carbocycles. The van der Waals surface area contributed by atoms with Crippen molar-refractivity contribution in [2.45, 2.75) is 25.7 Å². The first-order valence-electron chi connectivity index (χ1n) is 7.26. The molecule has 0 saturated carbocycles. The highest BCUT2D eigenvalue weighted by Gasteiger charge is 2.18. The Labute approximate surface area is 136 Å². The Bertz CT molecular complexity index is 550. The van der Waals surface area contributed by atoms with Gasteiger partial charge in [-0.1, -0.05) is 0 Å². The highest BCUT2D eigenvalue weighted by Crippen LogP contribution is 2.31. The van der Waals surface area contributed by atoms with Crippen molar-refractivity contribution in [1.82, 2.24) is 10.3 Å². The van der Waals surface area contributed by atoms with Crippen molar-refractivity contribution in [3.05, 3.63) is 34.7 Å². The highest BCUT2D eigenvalue weighted by atomic mass is 35.5. The third-order valence-electron chi connectivity index (χ3n) is 3.67.